The van der Waals surface area contributed by atoms with Crippen LogP contribution in [-0.2, 0) is 9.59 Å². The van der Waals surface area contributed by atoms with Crippen molar-refractivity contribution in [2.45, 2.75) is 13.0 Å². The molecular formula is C27H31N5O2. The van der Waals surface area contributed by atoms with E-state index in [1.54, 1.807) is 22.9 Å². The van der Waals surface area contributed by atoms with Crippen LogP contribution in [0.15, 0.2) is 72.4 Å². The highest BCUT2D eigenvalue weighted by Crippen LogP contribution is 2.29. The monoisotopic (exact) mass is 457 g/mol. The zero-order valence-corrected chi connectivity index (χ0v) is 19.6. The van der Waals surface area contributed by atoms with E-state index in [4.69, 9.17) is 0 Å². The van der Waals surface area contributed by atoms with Crippen molar-refractivity contribution in [3.05, 3.63) is 83.6 Å². The van der Waals surface area contributed by atoms with Crippen molar-refractivity contribution in [2.75, 3.05) is 52.4 Å². The Bertz CT molecular complexity index is 1010. The van der Waals surface area contributed by atoms with E-state index in [1.807, 2.05) is 17.0 Å². The Morgan fingerprint density at radius 2 is 1.29 bits per heavy atom. The van der Waals surface area contributed by atoms with E-state index in [0.29, 0.717) is 39.3 Å². The summed E-state index contributed by atoms with van der Waals surface area (Å²) >= 11 is 0. The van der Waals surface area contributed by atoms with Crippen LogP contribution in [-0.4, -0.2) is 83.8 Å². The van der Waals surface area contributed by atoms with Gasteiger partial charge in [0.15, 0.2) is 0 Å². The summed E-state index contributed by atoms with van der Waals surface area (Å²) in [6.07, 6.45) is 1.67. The van der Waals surface area contributed by atoms with Crippen molar-refractivity contribution in [3.63, 3.8) is 0 Å². The lowest BCUT2D eigenvalue weighted by atomic mass is 9.96. The first-order chi connectivity index (χ1) is 16.6. The minimum absolute atomic E-state index is 0.0578. The van der Waals surface area contributed by atoms with Gasteiger partial charge in [-0.3, -0.25) is 14.5 Å². The molecule has 0 atom stereocenters. The van der Waals surface area contributed by atoms with Crippen LogP contribution >= 0.6 is 0 Å². The predicted octanol–water partition coefficient (Wildman–Crippen LogP) is 2.49. The number of carbonyl (C=O) groups excluding carboxylic acids is 2. The maximum Gasteiger partial charge on any atom is 0.266 e. The lowest BCUT2D eigenvalue weighted by Crippen LogP contribution is -2.50. The third-order valence-electron chi connectivity index (χ3n) is 6.62. The third-order valence-corrected chi connectivity index (χ3v) is 6.62. The van der Waals surface area contributed by atoms with E-state index in [9.17, 15) is 14.9 Å². The summed E-state index contributed by atoms with van der Waals surface area (Å²) in [5.41, 5.74) is 2.62. The molecule has 2 aromatic rings. The van der Waals surface area contributed by atoms with Gasteiger partial charge in [-0.1, -0.05) is 60.7 Å². The van der Waals surface area contributed by atoms with Crippen LogP contribution < -0.4 is 0 Å². The number of nitrogens with zero attached hydrogens (tertiary/aromatic N) is 5. The van der Waals surface area contributed by atoms with Gasteiger partial charge in [-0.15, -0.1) is 0 Å². The number of nitriles is 1. The molecule has 0 saturated carbocycles. The highest BCUT2D eigenvalue weighted by atomic mass is 16.2. The molecule has 0 aromatic heterocycles. The van der Waals surface area contributed by atoms with Crippen LogP contribution in [0.5, 0.6) is 0 Å². The van der Waals surface area contributed by atoms with Gasteiger partial charge in [0.1, 0.15) is 11.6 Å². The molecule has 2 aliphatic rings. The van der Waals surface area contributed by atoms with Gasteiger partial charge in [0, 0.05) is 65.5 Å². The zero-order valence-electron chi connectivity index (χ0n) is 19.6. The average Bonchev–Trinajstić information content (AvgIpc) is 2.89. The molecule has 2 aliphatic heterocycles. The summed E-state index contributed by atoms with van der Waals surface area (Å²) in [7, 11) is 0. The maximum atomic E-state index is 13.1. The molecule has 0 N–H and O–H groups in total. The Morgan fingerprint density at radius 3 is 1.76 bits per heavy atom. The molecule has 0 spiro atoms. The van der Waals surface area contributed by atoms with Gasteiger partial charge in [0.25, 0.3) is 5.91 Å². The number of benzene rings is 2. The molecule has 2 fully saturated rings. The number of rotatable bonds is 5. The Morgan fingerprint density at radius 1 is 0.794 bits per heavy atom. The fourth-order valence-electron chi connectivity index (χ4n) is 4.72. The van der Waals surface area contributed by atoms with Gasteiger partial charge >= 0.3 is 0 Å². The van der Waals surface area contributed by atoms with Gasteiger partial charge < -0.3 is 14.7 Å². The van der Waals surface area contributed by atoms with Gasteiger partial charge in [0.2, 0.25) is 5.91 Å². The number of hydrogen-bond donors (Lipinski definition) is 0. The van der Waals surface area contributed by atoms with Crippen molar-refractivity contribution in [2.24, 2.45) is 0 Å². The number of hydrogen-bond acceptors (Lipinski definition) is 5. The molecule has 176 valence electrons. The van der Waals surface area contributed by atoms with Crippen LogP contribution in [0, 0.1) is 11.3 Å². The first kappa shape index (κ1) is 23.5. The van der Waals surface area contributed by atoms with Crippen molar-refractivity contribution < 1.29 is 9.59 Å². The molecule has 2 heterocycles. The van der Waals surface area contributed by atoms with E-state index in [1.165, 1.54) is 11.1 Å². The van der Waals surface area contributed by atoms with Gasteiger partial charge in [0.05, 0.1) is 6.04 Å². The van der Waals surface area contributed by atoms with E-state index in [0.717, 1.165) is 13.1 Å². The highest BCUT2D eigenvalue weighted by molar-refractivity contribution is 5.97. The van der Waals surface area contributed by atoms with Crippen molar-refractivity contribution in [1.29, 1.82) is 5.26 Å². The first-order valence-electron chi connectivity index (χ1n) is 11.8. The number of piperazine rings is 2. The SMILES string of the molecule is CC(=O)N1CCN(/C=C(/C#N)C(=O)N2CCN(C(c3ccccc3)c3ccccc3)CC2)CC1. The molecule has 2 amide bonds. The first-order valence-corrected chi connectivity index (χ1v) is 11.8. The molecule has 7 heteroatoms. The molecule has 7 nitrogen and oxygen atoms in total. The largest absolute Gasteiger partial charge is 0.373 e. The van der Waals surface area contributed by atoms with Gasteiger partial charge in [-0.05, 0) is 11.1 Å². The Kier molecular flexibility index (Phi) is 7.61. The summed E-state index contributed by atoms with van der Waals surface area (Å²) in [6.45, 7) is 6.65. The molecule has 0 aliphatic carbocycles. The summed E-state index contributed by atoms with van der Waals surface area (Å²) in [5.74, 6) is -0.158. The lowest BCUT2D eigenvalue weighted by molar-refractivity contribution is -0.130. The van der Waals surface area contributed by atoms with Gasteiger partial charge in [-0.25, -0.2) is 0 Å². The smallest absolute Gasteiger partial charge is 0.266 e. The zero-order chi connectivity index (χ0) is 23.9. The average molecular weight is 458 g/mol. The number of amides is 2. The normalized spacial score (nSPS) is 17.6. The van der Waals surface area contributed by atoms with Crippen LogP contribution in [0.2, 0.25) is 0 Å². The second kappa shape index (κ2) is 11.0. The van der Waals surface area contributed by atoms with Crippen LogP contribution in [0.3, 0.4) is 0 Å². The van der Waals surface area contributed by atoms with Gasteiger partial charge in [-0.2, -0.15) is 5.26 Å². The molecule has 2 aromatic carbocycles. The lowest BCUT2D eigenvalue weighted by Gasteiger charge is -2.40. The Balaban J connectivity index is 1.41. The summed E-state index contributed by atoms with van der Waals surface area (Å²) in [4.78, 5) is 32.6. The molecule has 34 heavy (non-hydrogen) atoms. The Labute approximate surface area is 201 Å². The van der Waals surface area contributed by atoms with E-state index in [2.05, 4.69) is 59.5 Å². The standard InChI is InChI=1S/C27H31N5O2/c1-22(33)30-14-12-29(13-15-30)21-25(20-28)27(34)32-18-16-31(17-19-32)26(23-8-4-2-5-9-23)24-10-6-3-7-11-24/h2-11,21,26H,12-19H2,1H3/b25-21-. The predicted molar refractivity (Wildman–Crippen MR) is 130 cm³/mol. The molecule has 0 unspecified atom stereocenters. The molecule has 0 bridgehead atoms. The second-order valence-electron chi connectivity index (χ2n) is 8.75. The molecule has 2 saturated heterocycles. The van der Waals surface area contributed by atoms with Crippen LogP contribution in [0.4, 0.5) is 0 Å². The Hall–Kier alpha value is -3.63. The maximum absolute atomic E-state index is 13.1. The highest BCUT2D eigenvalue weighted by Gasteiger charge is 2.29. The summed E-state index contributed by atoms with van der Waals surface area (Å²) < 4.78 is 0. The second-order valence-corrected chi connectivity index (χ2v) is 8.75. The third kappa shape index (κ3) is 5.46. The van der Waals surface area contributed by atoms with Crippen molar-refractivity contribution in [3.8, 4) is 6.07 Å². The molecular weight excluding hydrogens is 426 g/mol. The van der Waals surface area contributed by atoms with E-state index in [-0.39, 0.29) is 23.4 Å². The summed E-state index contributed by atoms with van der Waals surface area (Å²) in [6, 6.07) is 23.1. The van der Waals surface area contributed by atoms with E-state index >= 15 is 0 Å². The minimum Gasteiger partial charge on any atom is -0.373 e. The van der Waals surface area contributed by atoms with Crippen molar-refractivity contribution in [1.82, 2.24) is 19.6 Å². The summed E-state index contributed by atoms with van der Waals surface area (Å²) in [5, 5.41) is 9.67. The number of carbonyl (C=O) groups is 2. The van der Waals surface area contributed by atoms with Crippen LogP contribution in [0.1, 0.15) is 24.1 Å². The van der Waals surface area contributed by atoms with Crippen molar-refractivity contribution >= 4 is 11.8 Å². The quantitative estimate of drug-likeness (QED) is 0.510. The van der Waals surface area contributed by atoms with E-state index < -0.39 is 0 Å². The fourth-order valence-corrected chi connectivity index (χ4v) is 4.72. The van der Waals surface area contributed by atoms with Crippen LogP contribution in [0.25, 0.3) is 0 Å². The molecule has 0 radical (unpaired) electrons. The minimum atomic E-state index is -0.216. The fraction of sp³-hybridized carbons (Fsp3) is 0.370. The topological polar surface area (TPSA) is 70.9 Å². The molecule has 4 rings (SSSR count).